The molecular formula is C13H18N2O2. The fourth-order valence-electron chi connectivity index (χ4n) is 2.63. The van der Waals surface area contributed by atoms with Crippen LogP contribution in [-0.4, -0.2) is 20.9 Å². The average molecular weight is 234 g/mol. The van der Waals surface area contributed by atoms with Crippen molar-refractivity contribution >= 4 is 12.0 Å². The Morgan fingerprint density at radius 3 is 2.82 bits per heavy atom. The molecule has 1 heterocycles. The predicted octanol–water partition coefficient (Wildman–Crippen LogP) is 2.57. The molecule has 1 aliphatic rings. The van der Waals surface area contributed by atoms with Gasteiger partial charge in [-0.1, -0.05) is 19.3 Å². The van der Waals surface area contributed by atoms with E-state index in [0.717, 1.165) is 5.56 Å². The van der Waals surface area contributed by atoms with Crippen molar-refractivity contribution in [2.45, 2.75) is 38.0 Å². The van der Waals surface area contributed by atoms with Crippen molar-refractivity contribution in [2.24, 2.45) is 7.05 Å². The Balaban J connectivity index is 2.25. The molecule has 0 unspecified atom stereocenters. The average Bonchev–Trinajstić information content (AvgIpc) is 2.69. The lowest BCUT2D eigenvalue weighted by molar-refractivity contribution is -0.131. The van der Waals surface area contributed by atoms with E-state index >= 15 is 0 Å². The van der Waals surface area contributed by atoms with Gasteiger partial charge in [0.1, 0.15) is 0 Å². The van der Waals surface area contributed by atoms with E-state index in [1.54, 1.807) is 12.3 Å². The summed E-state index contributed by atoms with van der Waals surface area (Å²) in [5, 5.41) is 12.9. The van der Waals surface area contributed by atoms with Gasteiger partial charge in [-0.3, -0.25) is 4.68 Å². The molecule has 0 spiro atoms. The molecule has 4 heteroatoms. The van der Waals surface area contributed by atoms with Gasteiger partial charge in [-0.05, 0) is 18.9 Å². The van der Waals surface area contributed by atoms with Crippen LogP contribution in [0.1, 0.15) is 49.3 Å². The molecule has 17 heavy (non-hydrogen) atoms. The molecule has 0 radical (unpaired) electrons. The maximum Gasteiger partial charge on any atom is 0.328 e. The maximum atomic E-state index is 10.6. The quantitative estimate of drug-likeness (QED) is 0.818. The van der Waals surface area contributed by atoms with Crippen LogP contribution in [-0.2, 0) is 11.8 Å². The Morgan fingerprint density at radius 2 is 2.18 bits per heavy atom. The van der Waals surface area contributed by atoms with E-state index < -0.39 is 5.97 Å². The third-order valence-electron chi connectivity index (χ3n) is 3.41. The van der Waals surface area contributed by atoms with Gasteiger partial charge >= 0.3 is 5.97 Å². The summed E-state index contributed by atoms with van der Waals surface area (Å²) in [6.07, 6.45) is 10.8. The van der Waals surface area contributed by atoms with Crippen LogP contribution in [0.2, 0.25) is 0 Å². The van der Waals surface area contributed by atoms with Crippen LogP contribution in [0.5, 0.6) is 0 Å². The molecule has 4 nitrogen and oxygen atoms in total. The minimum absolute atomic E-state index is 0.532. The molecule has 2 rings (SSSR count). The molecule has 0 aromatic carbocycles. The summed E-state index contributed by atoms with van der Waals surface area (Å²) in [5.74, 6) is -0.381. The summed E-state index contributed by atoms with van der Waals surface area (Å²) in [6, 6.07) is 0. The standard InChI is InChI=1S/C13H18N2O2/c1-15-13(10-5-3-2-4-6-10)11(9-14-15)7-8-12(16)17/h7-10H,2-6H2,1H3,(H,16,17)/b8-7+. The van der Waals surface area contributed by atoms with E-state index in [4.69, 9.17) is 5.11 Å². The van der Waals surface area contributed by atoms with E-state index in [1.165, 1.54) is 43.9 Å². The lowest BCUT2D eigenvalue weighted by atomic mass is 9.85. The Morgan fingerprint density at radius 1 is 1.47 bits per heavy atom. The molecular weight excluding hydrogens is 216 g/mol. The van der Waals surface area contributed by atoms with Crippen molar-refractivity contribution in [2.75, 3.05) is 0 Å². The van der Waals surface area contributed by atoms with Crippen LogP contribution in [0.15, 0.2) is 12.3 Å². The smallest absolute Gasteiger partial charge is 0.328 e. The van der Waals surface area contributed by atoms with E-state index in [-0.39, 0.29) is 0 Å². The molecule has 1 saturated carbocycles. The SMILES string of the molecule is Cn1ncc(/C=C/C(=O)O)c1C1CCCCC1. The fraction of sp³-hybridized carbons (Fsp3) is 0.538. The van der Waals surface area contributed by atoms with E-state index in [9.17, 15) is 4.79 Å². The molecule has 1 N–H and O–H groups in total. The van der Waals surface area contributed by atoms with Gasteiger partial charge < -0.3 is 5.11 Å². The zero-order valence-electron chi connectivity index (χ0n) is 10.1. The van der Waals surface area contributed by atoms with Crippen LogP contribution in [0.25, 0.3) is 6.08 Å². The molecule has 0 saturated heterocycles. The minimum atomic E-state index is -0.913. The van der Waals surface area contributed by atoms with Crippen molar-refractivity contribution < 1.29 is 9.90 Å². The minimum Gasteiger partial charge on any atom is -0.478 e. The van der Waals surface area contributed by atoms with Gasteiger partial charge in [-0.15, -0.1) is 0 Å². The third-order valence-corrected chi connectivity index (χ3v) is 3.41. The zero-order valence-corrected chi connectivity index (χ0v) is 10.1. The molecule has 0 atom stereocenters. The topological polar surface area (TPSA) is 55.1 Å². The van der Waals surface area contributed by atoms with E-state index in [2.05, 4.69) is 5.10 Å². The largest absolute Gasteiger partial charge is 0.478 e. The first-order chi connectivity index (χ1) is 8.18. The van der Waals surface area contributed by atoms with Crippen LogP contribution < -0.4 is 0 Å². The number of hydrogen-bond donors (Lipinski definition) is 1. The predicted molar refractivity (Wildman–Crippen MR) is 65.7 cm³/mol. The highest BCUT2D eigenvalue weighted by Gasteiger charge is 2.21. The summed E-state index contributed by atoms with van der Waals surface area (Å²) in [7, 11) is 1.93. The van der Waals surface area contributed by atoms with Crippen molar-refractivity contribution in [1.29, 1.82) is 0 Å². The summed E-state index contributed by atoms with van der Waals surface area (Å²) in [4.78, 5) is 10.6. The highest BCUT2D eigenvalue weighted by molar-refractivity contribution is 5.85. The Bertz CT molecular complexity index is 429. The summed E-state index contributed by atoms with van der Waals surface area (Å²) < 4.78 is 1.89. The maximum absolute atomic E-state index is 10.6. The summed E-state index contributed by atoms with van der Waals surface area (Å²) >= 11 is 0. The van der Waals surface area contributed by atoms with Gasteiger partial charge in [0.15, 0.2) is 0 Å². The normalized spacial score (nSPS) is 17.7. The first-order valence-electron chi connectivity index (χ1n) is 6.11. The summed E-state index contributed by atoms with van der Waals surface area (Å²) in [6.45, 7) is 0. The number of carbonyl (C=O) groups is 1. The molecule has 1 aromatic rings. The van der Waals surface area contributed by atoms with Crippen LogP contribution in [0.3, 0.4) is 0 Å². The van der Waals surface area contributed by atoms with Crippen molar-refractivity contribution in [1.82, 2.24) is 9.78 Å². The van der Waals surface area contributed by atoms with E-state index in [0.29, 0.717) is 5.92 Å². The molecule has 92 valence electrons. The molecule has 1 aliphatic carbocycles. The van der Waals surface area contributed by atoms with Gasteiger partial charge in [0.05, 0.1) is 6.20 Å². The van der Waals surface area contributed by atoms with Gasteiger partial charge in [-0.2, -0.15) is 5.10 Å². The number of rotatable bonds is 3. The van der Waals surface area contributed by atoms with Crippen molar-refractivity contribution in [3.8, 4) is 0 Å². The number of carboxylic acid groups (broad SMARTS) is 1. The first-order valence-corrected chi connectivity index (χ1v) is 6.11. The van der Waals surface area contributed by atoms with Gasteiger partial charge in [0.25, 0.3) is 0 Å². The second-order valence-corrected chi connectivity index (χ2v) is 4.62. The second kappa shape index (κ2) is 5.17. The van der Waals surface area contributed by atoms with Crippen LogP contribution in [0.4, 0.5) is 0 Å². The monoisotopic (exact) mass is 234 g/mol. The molecule has 1 fully saturated rings. The Labute approximate surface area is 101 Å². The Hall–Kier alpha value is -1.58. The third kappa shape index (κ3) is 2.75. The van der Waals surface area contributed by atoms with Gasteiger partial charge in [0.2, 0.25) is 0 Å². The number of aryl methyl sites for hydroxylation is 1. The van der Waals surface area contributed by atoms with Crippen LogP contribution in [0, 0.1) is 0 Å². The van der Waals surface area contributed by atoms with Gasteiger partial charge in [-0.25, -0.2) is 4.79 Å². The number of nitrogens with zero attached hydrogens (tertiary/aromatic N) is 2. The molecule has 0 bridgehead atoms. The van der Waals surface area contributed by atoms with Crippen molar-refractivity contribution in [3.05, 3.63) is 23.5 Å². The summed E-state index contributed by atoms with van der Waals surface area (Å²) in [5.41, 5.74) is 2.13. The molecule has 0 aliphatic heterocycles. The highest BCUT2D eigenvalue weighted by Crippen LogP contribution is 2.34. The number of carboxylic acids is 1. The van der Waals surface area contributed by atoms with Gasteiger partial charge in [0, 0.05) is 30.3 Å². The highest BCUT2D eigenvalue weighted by atomic mass is 16.4. The van der Waals surface area contributed by atoms with Crippen molar-refractivity contribution in [3.63, 3.8) is 0 Å². The number of aromatic nitrogens is 2. The van der Waals surface area contributed by atoms with E-state index in [1.807, 2.05) is 11.7 Å². The lowest BCUT2D eigenvalue weighted by Gasteiger charge is -2.22. The lowest BCUT2D eigenvalue weighted by Crippen LogP contribution is -2.10. The second-order valence-electron chi connectivity index (χ2n) is 4.62. The molecule has 1 aromatic heterocycles. The van der Waals surface area contributed by atoms with Crippen LogP contribution >= 0.6 is 0 Å². The zero-order chi connectivity index (χ0) is 12.3. The molecule has 0 amide bonds. The Kier molecular flexibility index (Phi) is 3.61. The number of aliphatic carboxylic acids is 1. The first kappa shape index (κ1) is 11.9. The number of hydrogen-bond acceptors (Lipinski definition) is 2. The fourth-order valence-corrected chi connectivity index (χ4v) is 2.63.